The van der Waals surface area contributed by atoms with Crippen LogP contribution in [0.3, 0.4) is 0 Å². The van der Waals surface area contributed by atoms with E-state index in [-0.39, 0.29) is 18.0 Å². The van der Waals surface area contributed by atoms with Crippen molar-refractivity contribution < 1.29 is 4.79 Å². The molecule has 0 aliphatic carbocycles. The highest BCUT2D eigenvalue weighted by atomic mass is 16.2. The molecule has 7 nitrogen and oxygen atoms in total. The number of aryl methyl sites for hydroxylation is 1. The van der Waals surface area contributed by atoms with Gasteiger partial charge in [0.2, 0.25) is 5.91 Å². The smallest absolute Gasteiger partial charge is 0.264 e. The predicted octanol–water partition coefficient (Wildman–Crippen LogP) is 0.436. The van der Waals surface area contributed by atoms with E-state index in [2.05, 4.69) is 22.3 Å². The van der Waals surface area contributed by atoms with Crippen molar-refractivity contribution in [2.75, 3.05) is 6.54 Å². The van der Waals surface area contributed by atoms with E-state index in [4.69, 9.17) is 0 Å². The fourth-order valence-corrected chi connectivity index (χ4v) is 1.99. The molecule has 7 heteroatoms. The van der Waals surface area contributed by atoms with E-state index >= 15 is 0 Å². The molecule has 0 aliphatic heterocycles. The standard InChI is InChI=1S/C13H19N5O2/c1-3-4-5-6-14-11(19)8-18-9-15-12-10(13(18)20)7-16-17(12)2/h7,9H,3-6,8H2,1-2H3,(H,14,19). The van der Waals surface area contributed by atoms with Crippen molar-refractivity contribution in [2.45, 2.75) is 32.7 Å². The van der Waals surface area contributed by atoms with Gasteiger partial charge in [0.1, 0.15) is 18.3 Å². The van der Waals surface area contributed by atoms with Gasteiger partial charge in [-0.15, -0.1) is 0 Å². The second kappa shape index (κ2) is 6.31. The van der Waals surface area contributed by atoms with Crippen molar-refractivity contribution in [2.24, 2.45) is 7.05 Å². The minimum atomic E-state index is -0.244. The third kappa shape index (κ3) is 3.04. The molecule has 0 bridgehead atoms. The summed E-state index contributed by atoms with van der Waals surface area (Å²) >= 11 is 0. The molecule has 0 aromatic carbocycles. The quantitative estimate of drug-likeness (QED) is 0.777. The van der Waals surface area contributed by atoms with E-state index in [0.29, 0.717) is 17.6 Å². The molecule has 20 heavy (non-hydrogen) atoms. The van der Waals surface area contributed by atoms with Gasteiger partial charge >= 0.3 is 0 Å². The Morgan fingerprint density at radius 1 is 1.40 bits per heavy atom. The van der Waals surface area contributed by atoms with Crippen LogP contribution in [0, 0.1) is 0 Å². The number of amides is 1. The number of hydrogen-bond acceptors (Lipinski definition) is 4. The highest BCUT2D eigenvalue weighted by molar-refractivity contribution is 5.77. The third-order valence-corrected chi connectivity index (χ3v) is 3.13. The summed E-state index contributed by atoms with van der Waals surface area (Å²) in [5.41, 5.74) is 0.279. The summed E-state index contributed by atoms with van der Waals surface area (Å²) < 4.78 is 2.84. The number of hydrogen-bond donors (Lipinski definition) is 1. The lowest BCUT2D eigenvalue weighted by molar-refractivity contribution is -0.121. The molecular formula is C13H19N5O2. The van der Waals surface area contributed by atoms with Crippen molar-refractivity contribution >= 4 is 16.9 Å². The van der Waals surface area contributed by atoms with Crippen LogP contribution in [0.25, 0.3) is 11.0 Å². The first kappa shape index (κ1) is 14.2. The van der Waals surface area contributed by atoms with Crippen LogP contribution in [0.5, 0.6) is 0 Å². The van der Waals surface area contributed by atoms with Gasteiger partial charge in [0.25, 0.3) is 5.56 Å². The maximum absolute atomic E-state index is 12.1. The summed E-state index contributed by atoms with van der Waals surface area (Å²) in [7, 11) is 1.72. The van der Waals surface area contributed by atoms with E-state index in [1.807, 2.05) is 0 Å². The zero-order valence-corrected chi connectivity index (χ0v) is 11.8. The summed E-state index contributed by atoms with van der Waals surface area (Å²) in [5, 5.41) is 7.21. The van der Waals surface area contributed by atoms with Crippen LogP contribution in [-0.2, 0) is 18.4 Å². The van der Waals surface area contributed by atoms with E-state index < -0.39 is 0 Å². The summed E-state index contributed by atoms with van der Waals surface area (Å²) in [4.78, 5) is 28.0. The van der Waals surface area contributed by atoms with Crippen molar-refractivity contribution in [1.82, 2.24) is 24.6 Å². The lowest BCUT2D eigenvalue weighted by atomic mass is 10.2. The molecule has 2 heterocycles. The molecule has 108 valence electrons. The fourth-order valence-electron chi connectivity index (χ4n) is 1.99. The monoisotopic (exact) mass is 277 g/mol. The first-order valence-corrected chi connectivity index (χ1v) is 6.77. The summed E-state index contributed by atoms with van der Waals surface area (Å²) in [5.74, 6) is -0.173. The van der Waals surface area contributed by atoms with Gasteiger partial charge in [0, 0.05) is 13.6 Å². The van der Waals surface area contributed by atoms with Crippen LogP contribution in [0.1, 0.15) is 26.2 Å². The van der Waals surface area contributed by atoms with E-state index in [0.717, 1.165) is 19.3 Å². The fraction of sp³-hybridized carbons (Fsp3) is 0.538. The number of nitrogens with one attached hydrogen (secondary N) is 1. The van der Waals surface area contributed by atoms with Crippen LogP contribution in [0.4, 0.5) is 0 Å². The number of rotatable bonds is 6. The van der Waals surface area contributed by atoms with E-state index in [1.54, 1.807) is 7.05 Å². The Morgan fingerprint density at radius 3 is 2.95 bits per heavy atom. The number of carbonyl (C=O) groups is 1. The van der Waals surface area contributed by atoms with Gasteiger partial charge in [0.05, 0.1) is 6.20 Å². The molecule has 2 rings (SSSR count). The summed E-state index contributed by atoms with van der Waals surface area (Å²) in [6, 6.07) is 0. The zero-order valence-electron chi connectivity index (χ0n) is 11.8. The van der Waals surface area contributed by atoms with Gasteiger partial charge in [-0.1, -0.05) is 19.8 Å². The topological polar surface area (TPSA) is 81.8 Å². The summed E-state index contributed by atoms with van der Waals surface area (Å²) in [6.07, 6.45) is 6.01. The molecule has 2 aromatic rings. The maximum Gasteiger partial charge on any atom is 0.264 e. The Labute approximate surface area is 116 Å². The first-order chi connectivity index (χ1) is 9.63. The second-order valence-corrected chi connectivity index (χ2v) is 4.74. The van der Waals surface area contributed by atoms with Gasteiger partial charge in [-0.3, -0.25) is 18.8 Å². The van der Waals surface area contributed by atoms with Gasteiger partial charge in [-0.2, -0.15) is 5.10 Å². The van der Waals surface area contributed by atoms with E-state index in [9.17, 15) is 9.59 Å². The Kier molecular flexibility index (Phi) is 4.49. The first-order valence-electron chi connectivity index (χ1n) is 6.77. The number of carbonyl (C=O) groups excluding carboxylic acids is 1. The molecule has 1 N–H and O–H groups in total. The molecule has 1 amide bonds. The Bertz CT molecular complexity index is 658. The largest absolute Gasteiger partial charge is 0.355 e. The number of nitrogens with zero attached hydrogens (tertiary/aromatic N) is 4. The van der Waals surface area contributed by atoms with Crippen LogP contribution in [-0.4, -0.2) is 31.8 Å². The number of unbranched alkanes of at least 4 members (excludes halogenated alkanes) is 2. The molecule has 0 radical (unpaired) electrons. The van der Waals surface area contributed by atoms with Gasteiger partial charge in [-0.05, 0) is 6.42 Å². The van der Waals surface area contributed by atoms with Crippen LogP contribution in [0.15, 0.2) is 17.3 Å². The van der Waals surface area contributed by atoms with Crippen LogP contribution < -0.4 is 10.9 Å². The Hall–Kier alpha value is -2.18. The van der Waals surface area contributed by atoms with Gasteiger partial charge in [-0.25, -0.2) is 4.98 Å². The molecule has 0 aliphatic rings. The van der Waals surface area contributed by atoms with Gasteiger partial charge in [0.15, 0.2) is 5.65 Å². The van der Waals surface area contributed by atoms with Crippen molar-refractivity contribution in [3.8, 4) is 0 Å². The van der Waals surface area contributed by atoms with Crippen LogP contribution in [0.2, 0.25) is 0 Å². The molecule has 0 saturated heterocycles. The molecule has 0 atom stereocenters. The highest BCUT2D eigenvalue weighted by Gasteiger charge is 2.10. The zero-order chi connectivity index (χ0) is 14.5. The third-order valence-electron chi connectivity index (χ3n) is 3.13. The SMILES string of the molecule is CCCCCNC(=O)Cn1cnc2c(cnn2C)c1=O. The Morgan fingerprint density at radius 2 is 2.20 bits per heavy atom. The van der Waals surface area contributed by atoms with E-state index in [1.165, 1.54) is 21.8 Å². The molecule has 0 saturated carbocycles. The minimum Gasteiger partial charge on any atom is -0.355 e. The average molecular weight is 277 g/mol. The van der Waals surface area contributed by atoms with Gasteiger partial charge < -0.3 is 5.32 Å². The Balaban J connectivity index is 2.04. The van der Waals surface area contributed by atoms with Crippen molar-refractivity contribution in [3.05, 3.63) is 22.9 Å². The van der Waals surface area contributed by atoms with Crippen molar-refractivity contribution in [1.29, 1.82) is 0 Å². The predicted molar refractivity (Wildman–Crippen MR) is 75.3 cm³/mol. The molecular weight excluding hydrogens is 258 g/mol. The van der Waals surface area contributed by atoms with Crippen LogP contribution >= 0.6 is 0 Å². The summed E-state index contributed by atoms with van der Waals surface area (Å²) in [6.45, 7) is 2.74. The molecule has 0 fully saturated rings. The normalized spacial score (nSPS) is 10.9. The maximum atomic E-state index is 12.1. The lowest BCUT2D eigenvalue weighted by Gasteiger charge is -2.06. The number of fused-ring (bicyclic) bond motifs is 1. The minimum absolute atomic E-state index is 0.0111. The van der Waals surface area contributed by atoms with Crippen molar-refractivity contribution in [3.63, 3.8) is 0 Å². The second-order valence-electron chi connectivity index (χ2n) is 4.74. The molecule has 0 unspecified atom stereocenters. The highest BCUT2D eigenvalue weighted by Crippen LogP contribution is 2.02. The molecule has 2 aromatic heterocycles. The molecule has 0 spiro atoms. The number of aromatic nitrogens is 4. The lowest BCUT2D eigenvalue weighted by Crippen LogP contribution is -2.32. The average Bonchev–Trinajstić information content (AvgIpc) is 2.80.